The topological polar surface area (TPSA) is 52.6 Å². The molecule has 0 heterocycles. The second kappa shape index (κ2) is 7.22. The molecule has 2 rings (SSSR count). The molecule has 2 aromatic carbocycles. The third kappa shape index (κ3) is 4.06. The van der Waals surface area contributed by atoms with Gasteiger partial charge in [0.15, 0.2) is 17.3 Å². The Morgan fingerprint density at radius 3 is 2.36 bits per heavy atom. The monoisotopic (exact) mass is 296 g/mol. The number of hydrogen-bond acceptors (Lipinski definition) is 4. The number of ketones is 1. The normalized spacial score (nSPS) is 10.5. The van der Waals surface area contributed by atoms with Crippen LogP contribution in [-0.4, -0.2) is 18.9 Å². The van der Waals surface area contributed by atoms with Crippen LogP contribution in [0.1, 0.15) is 22.8 Å². The highest BCUT2D eigenvalue weighted by Crippen LogP contribution is 2.28. The van der Waals surface area contributed by atoms with Gasteiger partial charge in [-0.05, 0) is 23.8 Å². The molecule has 0 spiro atoms. The van der Waals surface area contributed by atoms with E-state index in [0.29, 0.717) is 17.1 Å². The van der Waals surface area contributed by atoms with Crippen LogP contribution in [0.25, 0.3) is 6.08 Å². The molecular formula is C18H16O4. The highest BCUT2D eigenvalue weighted by Gasteiger charge is 2.07. The Morgan fingerprint density at radius 2 is 1.73 bits per heavy atom. The molecule has 4 nitrogen and oxygen atoms in total. The number of ether oxygens (including phenoxy) is 2. The molecule has 0 radical (unpaired) electrons. The minimum absolute atomic E-state index is 0.0800. The lowest BCUT2D eigenvalue weighted by atomic mass is 10.1. The fourth-order valence-corrected chi connectivity index (χ4v) is 1.90. The summed E-state index contributed by atoms with van der Waals surface area (Å²) >= 11 is 0. The van der Waals surface area contributed by atoms with Crippen LogP contribution in [0.4, 0.5) is 0 Å². The van der Waals surface area contributed by atoms with E-state index < -0.39 is 5.97 Å². The van der Waals surface area contributed by atoms with Crippen LogP contribution in [0.15, 0.2) is 54.6 Å². The van der Waals surface area contributed by atoms with Crippen molar-refractivity contribution in [3.63, 3.8) is 0 Å². The number of hydrogen-bond donors (Lipinski definition) is 0. The molecule has 0 saturated heterocycles. The molecule has 0 fully saturated rings. The second-order valence-electron chi connectivity index (χ2n) is 4.57. The Bertz CT molecular complexity index is 702. The fourth-order valence-electron chi connectivity index (χ4n) is 1.90. The summed E-state index contributed by atoms with van der Waals surface area (Å²) in [4.78, 5) is 23.0. The summed E-state index contributed by atoms with van der Waals surface area (Å²) in [6.07, 6.45) is 3.19. The molecule has 0 unspecified atom stereocenters. The van der Waals surface area contributed by atoms with E-state index in [1.54, 1.807) is 36.4 Å². The van der Waals surface area contributed by atoms with Gasteiger partial charge >= 0.3 is 5.97 Å². The summed E-state index contributed by atoms with van der Waals surface area (Å²) in [7, 11) is 1.49. The molecule has 4 heteroatoms. The SMILES string of the molecule is COc1cc(C=CC(=O)c2ccccc2)ccc1OC(C)=O. The Morgan fingerprint density at radius 1 is 1.00 bits per heavy atom. The van der Waals surface area contributed by atoms with Crippen molar-refractivity contribution in [3.8, 4) is 11.5 Å². The van der Waals surface area contributed by atoms with Gasteiger partial charge in [0.05, 0.1) is 7.11 Å². The minimum Gasteiger partial charge on any atom is -0.493 e. The van der Waals surface area contributed by atoms with Gasteiger partial charge in [-0.2, -0.15) is 0 Å². The first-order valence-corrected chi connectivity index (χ1v) is 6.74. The molecule has 0 N–H and O–H groups in total. The summed E-state index contributed by atoms with van der Waals surface area (Å²) in [5.74, 6) is 0.288. The fraction of sp³-hybridized carbons (Fsp3) is 0.111. The van der Waals surface area contributed by atoms with Gasteiger partial charge in [-0.1, -0.05) is 42.5 Å². The van der Waals surface area contributed by atoms with E-state index in [4.69, 9.17) is 9.47 Å². The first kappa shape index (κ1) is 15.5. The molecule has 0 amide bonds. The number of carbonyl (C=O) groups excluding carboxylic acids is 2. The Kier molecular flexibility index (Phi) is 5.09. The number of allylic oxidation sites excluding steroid dienone is 1. The second-order valence-corrected chi connectivity index (χ2v) is 4.57. The average Bonchev–Trinajstić information content (AvgIpc) is 2.54. The number of carbonyl (C=O) groups is 2. The highest BCUT2D eigenvalue weighted by molar-refractivity contribution is 6.06. The van der Waals surface area contributed by atoms with Crippen molar-refractivity contribution < 1.29 is 19.1 Å². The standard InChI is InChI=1S/C18H16O4/c1-13(19)22-17-11-9-14(12-18(17)21-2)8-10-16(20)15-6-4-3-5-7-15/h3-12H,1-2H3. The van der Waals surface area contributed by atoms with Crippen molar-refractivity contribution >= 4 is 17.8 Å². The third-order valence-corrected chi connectivity index (χ3v) is 2.93. The van der Waals surface area contributed by atoms with E-state index >= 15 is 0 Å². The summed E-state index contributed by atoms with van der Waals surface area (Å²) in [6, 6.07) is 14.1. The molecule has 0 aliphatic rings. The quantitative estimate of drug-likeness (QED) is 0.367. The number of esters is 1. The highest BCUT2D eigenvalue weighted by atomic mass is 16.6. The van der Waals surface area contributed by atoms with Crippen molar-refractivity contribution in [2.75, 3.05) is 7.11 Å². The Labute approximate surface area is 129 Å². The van der Waals surface area contributed by atoms with Gasteiger partial charge in [0, 0.05) is 12.5 Å². The zero-order valence-corrected chi connectivity index (χ0v) is 12.4. The van der Waals surface area contributed by atoms with Crippen LogP contribution in [0.5, 0.6) is 11.5 Å². The zero-order valence-electron chi connectivity index (χ0n) is 12.4. The number of methoxy groups -OCH3 is 1. The molecular weight excluding hydrogens is 280 g/mol. The predicted molar refractivity (Wildman–Crippen MR) is 84.1 cm³/mol. The molecule has 2 aromatic rings. The Balaban J connectivity index is 2.18. The van der Waals surface area contributed by atoms with Crippen molar-refractivity contribution in [1.82, 2.24) is 0 Å². The van der Waals surface area contributed by atoms with Crippen LogP contribution >= 0.6 is 0 Å². The molecule has 0 aliphatic heterocycles. The number of rotatable bonds is 5. The van der Waals surface area contributed by atoms with Crippen LogP contribution in [-0.2, 0) is 4.79 Å². The van der Waals surface area contributed by atoms with Crippen molar-refractivity contribution in [3.05, 3.63) is 65.7 Å². The van der Waals surface area contributed by atoms with Crippen LogP contribution in [0.2, 0.25) is 0 Å². The molecule has 22 heavy (non-hydrogen) atoms. The number of benzene rings is 2. The zero-order chi connectivity index (χ0) is 15.9. The van der Waals surface area contributed by atoms with E-state index in [-0.39, 0.29) is 5.78 Å². The van der Waals surface area contributed by atoms with Crippen LogP contribution in [0.3, 0.4) is 0 Å². The lowest BCUT2D eigenvalue weighted by Gasteiger charge is -2.08. The lowest BCUT2D eigenvalue weighted by molar-refractivity contribution is -0.132. The molecule has 0 saturated carbocycles. The van der Waals surface area contributed by atoms with Crippen molar-refractivity contribution in [2.24, 2.45) is 0 Å². The van der Waals surface area contributed by atoms with Crippen LogP contribution in [0, 0.1) is 0 Å². The smallest absolute Gasteiger partial charge is 0.308 e. The van der Waals surface area contributed by atoms with Crippen molar-refractivity contribution in [2.45, 2.75) is 6.92 Å². The largest absolute Gasteiger partial charge is 0.493 e. The third-order valence-electron chi connectivity index (χ3n) is 2.93. The summed E-state index contributed by atoms with van der Waals surface area (Å²) in [5, 5.41) is 0. The molecule has 112 valence electrons. The maximum Gasteiger partial charge on any atom is 0.308 e. The van der Waals surface area contributed by atoms with Gasteiger partial charge in [0.2, 0.25) is 0 Å². The van der Waals surface area contributed by atoms with E-state index in [2.05, 4.69) is 0 Å². The summed E-state index contributed by atoms with van der Waals surface area (Å²) < 4.78 is 10.2. The van der Waals surface area contributed by atoms with Gasteiger partial charge < -0.3 is 9.47 Å². The summed E-state index contributed by atoms with van der Waals surface area (Å²) in [6.45, 7) is 1.33. The lowest BCUT2D eigenvalue weighted by Crippen LogP contribution is -2.03. The van der Waals surface area contributed by atoms with Gasteiger partial charge in [-0.15, -0.1) is 0 Å². The van der Waals surface area contributed by atoms with Gasteiger partial charge in [0.25, 0.3) is 0 Å². The summed E-state index contributed by atoms with van der Waals surface area (Å²) in [5.41, 5.74) is 1.40. The van der Waals surface area contributed by atoms with Gasteiger partial charge in [-0.25, -0.2) is 0 Å². The minimum atomic E-state index is -0.416. The first-order chi connectivity index (χ1) is 10.6. The maximum absolute atomic E-state index is 12.0. The van der Waals surface area contributed by atoms with E-state index in [1.807, 2.05) is 18.2 Å². The van der Waals surface area contributed by atoms with E-state index in [1.165, 1.54) is 20.1 Å². The Hall–Kier alpha value is -2.88. The maximum atomic E-state index is 12.0. The molecule has 0 bridgehead atoms. The average molecular weight is 296 g/mol. The predicted octanol–water partition coefficient (Wildman–Crippen LogP) is 3.52. The van der Waals surface area contributed by atoms with E-state index in [9.17, 15) is 9.59 Å². The van der Waals surface area contributed by atoms with Gasteiger partial charge in [0.1, 0.15) is 0 Å². The van der Waals surface area contributed by atoms with E-state index in [0.717, 1.165) is 5.56 Å². The molecule has 0 aliphatic carbocycles. The first-order valence-electron chi connectivity index (χ1n) is 6.74. The van der Waals surface area contributed by atoms with Crippen molar-refractivity contribution in [1.29, 1.82) is 0 Å². The molecule has 0 atom stereocenters. The van der Waals surface area contributed by atoms with Gasteiger partial charge in [-0.3, -0.25) is 9.59 Å². The van der Waals surface area contributed by atoms with Crippen LogP contribution < -0.4 is 9.47 Å². The molecule has 0 aromatic heterocycles.